The highest BCUT2D eigenvalue weighted by atomic mass is 35.5. The van der Waals surface area contributed by atoms with Crippen molar-refractivity contribution in [3.8, 4) is 11.5 Å². The van der Waals surface area contributed by atoms with Gasteiger partial charge in [-0.05, 0) is 24.3 Å². The Hall–Kier alpha value is -2.40. The number of halogens is 1. The van der Waals surface area contributed by atoms with E-state index in [4.69, 9.17) is 26.5 Å². The Bertz CT molecular complexity index is 945. The van der Waals surface area contributed by atoms with E-state index in [1.807, 2.05) is 54.1 Å². The number of nitrogens with one attached hydrogen (secondary N) is 1. The third-order valence-electron chi connectivity index (χ3n) is 4.12. The summed E-state index contributed by atoms with van der Waals surface area (Å²) in [5.41, 5.74) is 2.17. The SMILES string of the molecule is Cn1c(=N)n(CC2COc3ccccc3O2)c2cccc(Cl)c21. The summed E-state index contributed by atoms with van der Waals surface area (Å²) < 4.78 is 15.5. The van der Waals surface area contributed by atoms with Gasteiger partial charge in [-0.3, -0.25) is 5.41 Å². The van der Waals surface area contributed by atoms with Crippen LogP contribution in [0.15, 0.2) is 42.5 Å². The van der Waals surface area contributed by atoms with Gasteiger partial charge in [-0.25, -0.2) is 0 Å². The van der Waals surface area contributed by atoms with Crippen LogP contribution in [0.4, 0.5) is 0 Å². The summed E-state index contributed by atoms with van der Waals surface area (Å²) in [7, 11) is 1.85. The van der Waals surface area contributed by atoms with Gasteiger partial charge in [-0.15, -0.1) is 0 Å². The molecule has 2 heterocycles. The predicted molar refractivity (Wildman–Crippen MR) is 88.1 cm³/mol. The highest BCUT2D eigenvalue weighted by molar-refractivity contribution is 6.34. The molecule has 1 atom stereocenters. The van der Waals surface area contributed by atoms with Crippen LogP contribution in [0.25, 0.3) is 11.0 Å². The van der Waals surface area contributed by atoms with E-state index < -0.39 is 0 Å². The number of benzene rings is 2. The van der Waals surface area contributed by atoms with Gasteiger partial charge in [0.2, 0.25) is 5.62 Å². The Morgan fingerprint density at radius 1 is 1.17 bits per heavy atom. The van der Waals surface area contributed by atoms with Gasteiger partial charge < -0.3 is 18.6 Å². The normalized spacial score (nSPS) is 16.7. The lowest BCUT2D eigenvalue weighted by Gasteiger charge is -2.26. The molecule has 6 heteroatoms. The molecule has 0 radical (unpaired) electrons. The quantitative estimate of drug-likeness (QED) is 0.786. The Kier molecular flexibility index (Phi) is 3.31. The van der Waals surface area contributed by atoms with Crippen LogP contribution in [-0.2, 0) is 13.6 Å². The number of hydrogen-bond donors (Lipinski definition) is 1. The summed E-state index contributed by atoms with van der Waals surface area (Å²) in [6, 6.07) is 13.3. The molecule has 0 spiro atoms. The fraction of sp³-hybridized carbons (Fsp3) is 0.235. The maximum Gasteiger partial charge on any atom is 0.202 e. The van der Waals surface area contributed by atoms with Crippen molar-refractivity contribution in [2.75, 3.05) is 6.61 Å². The lowest BCUT2D eigenvalue weighted by Crippen LogP contribution is -2.36. The Balaban J connectivity index is 1.71. The fourth-order valence-electron chi connectivity index (χ4n) is 3.00. The number of para-hydroxylation sites is 3. The summed E-state index contributed by atoms with van der Waals surface area (Å²) in [6.07, 6.45) is -0.149. The lowest BCUT2D eigenvalue weighted by atomic mass is 10.2. The van der Waals surface area contributed by atoms with Crippen molar-refractivity contribution in [3.05, 3.63) is 53.1 Å². The number of aromatic nitrogens is 2. The zero-order chi connectivity index (χ0) is 16.0. The molecule has 23 heavy (non-hydrogen) atoms. The molecule has 1 aromatic heterocycles. The lowest BCUT2D eigenvalue weighted by molar-refractivity contribution is 0.0783. The maximum absolute atomic E-state index is 8.35. The van der Waals surface area contributed by atoms with E-state index in [1.165, 1.54) is 0 Å². The summed E-state index contributed by atoms with van der Waals surface area (Å²) in [5.74, 6) is 1.51. The van der Waals surface area contributed by atoms with E-state index in [1.54, 1.807) is 4.57 Å². The first kappa shape index (κ1) is 14.2. The fourth-order valence-corrected chi connectivity index (χ4v) is 3.29. The first-order valence-corrected chi connectivity index (χ1v) is 7.80. The number of hydrogen-bond acceptors (Lipinski definition) is 3. The van der Waals surface area contributed by atoms with Gasteiger partial charge >= 0.3 is 0 Å². The van der Waals surface area contributed by atoms with E-state index in [9.17, 15) is 0 Å². The molecule has 3 aromatic rings. The van der Waals surface area contributed by atoms with Crippen LogP contribution in [0.2, 0.25) is 5.02 Å². The van der Waals surface area contributed by atoms with Crippen LogP contribution in [0, 0.1) is 5.41 Å². The molecule has 0 amide bonds. The predicted octanol–water partition coefficient (Wildman–Crippen LogP) is 2.95. The van der Waals surface area contributed by atoms with Crippen molar-refractivity contribution in [2.45, 2.75) is 12.6 Å². The maximum atomic E-state index is 8.35. The van der Waals surface area contributed by atoms with Gasteiger partial charge in [0.25, 0.3) is 0 Å². The molecular formula is C17H16ClN3O2. The first-order chi connectivity index (χ1) is 11.1. The molecular weight excluding hydrogens is 314 g/mol. The second kappa shape index (κ2) is 5.35. The van der Waals surface area contributed by atoms with Gasteiger partial charge in [-0.1, -0.05) is 29.8 Å². The summed E-state index contributed by atoms with van der Waals surface area (Å²) in [4.78, 5) is 0. The third kappa shape index (κ3) is 2.28. The topological polar surface area (TPSA) is 52.2 Å². The summed E-state index contributed by atoms with van der Waals surface area (Å²) in [5, 5.41) is 9.00. The van der Waals surface area contributed by atoms with Crippen LogP contribution in [0.1, 0.15) is 0 Å². The smallest absolute Gasteiger partial charge is 0.202 e. The number of fused-ring (bicyclic) bond motifs is 2. The number of rotatable bonds is 2. The molecule has 1 aliphatic heterocycles. The number of aryl methyl sites for hydroxylation is 1. The Morgan fingerprint density at radius 2 is 1.96 bits per heavy atom. The molecule has 1 aliphatic rings. The minimum Gasteiger partial charge on any atom is -0.486 e. The molecule has 4 rings (SSSR count). The van der Waals surface area contributed by atoms with Crippen LogP contribution in [0.5, 0.6) is 11.5 Å². The standard InChI is InChI=1S/C17H16ClN3O2/c1-20-16-12(18)5-4-6-13(16)21(17(20)19)9-11-10-22-14-7-2-3-8-15(14)23-11/h2-8,11,19H,9-10H2,1H3. The molecule has 118 valence electrons. The zero-order valence-electron chi connectivity index (χ0n) is 12.6. The average Bonchev–Trinajstić information content (AvgIpc) is 2.81. The summed E-state index contributed by atoms with van der Waals surface area (Å²) >= 11 is 6.28. The molecule has 2 aromatic carbocycles. The van der Waals surface area contributed by atoms with E-state index in [-0.39, 0.29) is 6.10 Å². The molecule has 1 unspecified atom stereocenters. The van der Waals surface area contributed by atoms with E-state index in [0.717, 1.165) is 22.5 Å². The molecule has 0 aliphatic carbocycles. The van der Waals surface area contributed by atoms with Crippen LogP contribution < -0.4 is 15.1 Å². The van der Waals surface area contributed by atoms with Gasteiger partial charge in [0.15, 0.2) is 17.6 Å². The van der Waals surface area contributed by atoms with Crippen LogP contribution in [-0.4, -0.2) is 21.8 Å². The first-order valence-electron chi connectivity index (χ1n) is 7.42. The molecule has 1 N–H and O–H groups in total. The minimum atomic E-state index is -0.149. The average molecular weight is 330 g/mol. The minimum absolute atomic E-state index is 0.149. The largest absolute Gasteiger partial charge is 0.486 e. The van der Waals surface area contributed by atoms with Crippen molar-refractivity contribution in [1.82, 2.24) is 9.13 Å². The van der Waals surface area contributed by atoms with Crippen molar-refractivity contribution in [3.63, 3.8) is 0 Å². The Morgan fingerprint density at radius 3 is 2.78 bits per heavy atom. The Labute approximate surface area is 138 Å². The molecule has 0 saturated carbocycles. The van der Waals surface area contributed by atoms with Gasteiger partial charge in [0.1, 0.15) is 6.61 Å². The highest BCUT2D eigenvalue weighted by Gasteiger charge is 2.23. The van der Waals surface area contributed by atoms with Crippen molar-refractivity contribution >= 4 is 22.6 Å². The third-order valence-corrected chi connectivity index (χ3v) is 4.42. The van der Waals surface area contributed by atoms with Gasteiger partial charge in [0, 0.05) is 7.05 Å². The van der Waals surface area contributed by atoms with Crippen molar-refractivity contribution in [1.29, 1.82) is 5.41 Å². The molecule has 0 saturated heterocycles. The second-order valence-electron chi connectivity index (χ2n) is 5.60. The van der Waals surface area contributed by atoms with Gasteiger partial charge in [-0.2, -0.15) is 0 Å². The van der Waals surface area contributed by atoms with Crippen LogP contribution in [0.3, 0.4) is 0 Å². The number of imidazole rings is 1. The zero-order valence-corrected chi connectivity index (χ0v) is 13.4. The van der Waals surface area contributed by atoms with Crippen LogP contribution >= 0.6 is 11.6 Å². The monoisotopic (exact) mass is 329 g/mol. The highest BCUT2D eigenvalue weighted by Crippen LogP contribution is 2.31. The van der Waals surface area contributed by atoms with E-state index in [2.05, 4.69) is 0 Å². The molecule has 0 bridgehead atoms. The molecule has 0 fully saturated rings. The summed E-state index contributed by atoms with van der Waals surface area (Å²) in [6.45, 7) is 0.991. The van der Waals surface area contributed by atoms with Gasteiger partial charge in [0.05, 0.1) is 22.6 Å². The number of nitrogens with zero attached hydrogens (tertiary/aromatic N) is 2. The van der Waals surface area contributed by atoms with Crippen molar-refractivity contribution in [2.24, 2.45) is 7.05 Å². The van der Waals surface area contributed by atoms with E-state index >= 15 is 0 Å². The number of ether oxygens (including phenoxy) is 2. The van der Waals surface area contributed by atoms with Crippen molar-refractivity contribution < 1.29 is 9.47 Å². The molecule has 5 nitrogen and oxygen atoms in total. The van der Waals surface area contributed by atoms with E-state index in [0.29, 0.717) is 23.8 Å². The second-order valence-corrected chi connectivity index (χ2v) is 6.01.